The van der Waals surface area contributed by atoms with Crippen LogP contribution >= 0.6 is 23.1 Å². The second-order valence-corrected chi connectivity index (χ2v) is 6.57. The van der Waals surface area contributed by atoms with Crippen molar-refractivity contribution in [2.45, 2.75) is 6.17 Å². The minimum Gasteiger partial charge on any atom is -0.298 e. The lowest BCUT2D eigenvalue weighted by atomic mass is 10.1. The van der Waals surface area contributed by atoms with E-state index in [1.165, 1.54) is 11.8 Å². The molecule has 0 aliphatic carbocycles. The van der Waals surface area contributed by atoms with E-state index < -0.39 is 0 Å². The van der Waals surface area contributed by atoms with Crippen LogP contribution in [0.5, 0.6) is 0 Å². The molecule has 1 amide bonds. The molecule has 0 fully saturated rings. The number of carbonyl (C=O) groups excluding carboxylic acids is 1. The van der Waals surface area contributed by atoms with Crippen LogP contribution < -0.4 is 15.9 Å². The number of fused-ring (bicyclic) bond motifs is 2. The maximum atomic E-state index is 12.6. The first-order valence-electron chi connectivity index (χ1n) is 6.71. The van der Waals surface area contributed by atoms with Crippen LogP contribution in [0.1, 0.15) is 11.0 Å². The fourth-order valence-electron chi connectivity index (χ4n) is 2.54. The maximum absolute atomic E-state index is 12.6. The van der Waals surface area contributed by atoms with Gasteiger partial charge in [-0.3, -0.25) is 15.1 Å². The highest BCUT2D eigenvalue weighted by atomic mass is 32.2. The smallest absolute Gasteiger partial charge is 0.276 e. The molecule has 22 heavy (non-hydrogen) atoms. The minimum atomic E-state index is -0.293. The van der Waals surface area contributed by atoms with Gasteiger partial charge in [-0.1, -0.05) is 36.0 Å². The zero-order valence-corrected chi connectivity index (χ0v) is 13.3. The Morgan fingerprint density at radius 2 is 2.14 bits per heavy atom. The number of para-hydroxylation sites is 1. The number of rotatable bonds is 1. The molecule has 1 aromatic carbocycles. The van der Waals surface area contributed by atoms with Crippen molar-refractivity contribution in [1.29, 1.82) is 0 Å². The Hall–Kier alpha value is -2.12. The van der Waals surface area contributed by atoms with E-state index in [1.807, 2.05) is 48.0 Å². The lowest BCUT2D eigenvalue weighted by Crippen LogP contribution is -2.50. The van der Waals surface area contributed by atoms with Crippen LogP contribution in [0.2, 0.25) is 0 Å². The summed E-state index contributed by atoms with van der Waals surface area (Å²) in [4.78, 5) is 18.4. The third-order valence-corrected chi connectivity index (χ3v) is 4.99. The molecule has 0 saturated heterocycles. The van der Waals surface area contributed by atoms with Crippen molar-refractivity contribution >= 4 is 39.9 Å². The Labute approximate surface area is 135 Å². The van der Waals surface area contributed by atoms with Crippen LogP contribution in [0.3, 0.4) is 0 Å². The first-order chi connectivity index (χ1) is 10.8. The molecule has 0 bridgehead atoms. The Bertz CT molecular complexity index is 889. The molecule has 2 aliphatic rings. The Morgan fingerprint density at radius 3 is 2.91 bits per heavy atom. The number of hydrogen-bond donors (Lipinski definition) is 1. The molecule has 4 rings (SSSR count). The Balaban J connectivity index is 2.01. The minimum absolute atomic E-state index is 0.136. The van der Waals surface area contributed by atoms with E-state index in [2.05, 4.69) is 10.4 Å². The third kappa shape index (κ3) is 2.05. The van der Waals surface area contributed by atoms with Gasteiger partial charge < -0.3 is 0 Å². The predicted octanol–water partition coefficient (Wildman–Crippen LogP) is 1.25. The summed E-state index contributed by atoms with van der Waals surface area (Å²) in [6.07, 6.45) is 1.59. The van der Waals surface area contributed by atoms with E-state index in [0.717, 1.165) is 15.5 Å². The Morgan fingerprint density at radius 1 is 1.27 bits per heavy atom. The van der Waals surface area contributed by atoms with Gasteiger partial charge in [0, 0.05) is 5.22 Å². The normalized spacial score (nSPS) is 19.8. The van der Waals surface area contributed by atoms with Crippen molar-refractivity contribution in [3.63, 3.8) is 0 Å². The number of amides is 1. The quantitative estimate of drug-likeness (QED) is 0.857. The van der Waals surface area contributed by atoms with Gasteiger partial charge in [0.05, 0.1) is 10.2 Å². The van der Waals surface area contributed by atoms with Gasteiger partial charge in [-0.05, 0) is 23.8 Å². The van der Waals surface area contributed by atoms with Crippen molar-refractivity contribution in [3.05, 3.63) is 57.2 Å². The number of carbonyl (C=O) groups is 1. The molecule has 0 saturated carbocycles. The summed E-state index contributed by atoms with van der Waals surface area (Å²) in [5.41, 5.74) is 0.557. The average molecular weight is 328 g/mol. The summed E-state index contributed by atoms with van der Waals surface area (Å²) < 4.78 is 0. The van der Waals surface area contributed by atoms with Crippen molar-refractivity contribution < 1.29 is 4.79 Å². The number of thiophene rings is 1. The summed E-state index contributed by atoms with van der Waals surface area (Å²) in [6.45, 7) is 0. The van der Waals surface area contributed by atoms with E-state index in [4.69, 9.17) is 4.99 Å². The molecule has 0 radical (unpaired) electrons. The van der Waals surface area contributed by atoms with Gasteiger partial charge in [0.25, 0.3) is 5.91 Å². The summed E-state index contributed by atoms with van der Waals surface area (Å²) >= 11 is 3.02. The monoisotopic (exact) mass is 328 g/mol. The van der Waals surface area contributed by atoms with E-state index in [9.17, 15) is 4.79 Å². The number of benzene rings is 1. The lowest BCUT2D eigenvalue weighted by Gasteiger charge is -2.33. The second kappa shape index (κ2) is 5.26. The zero-order chi connectivity index (χ0) is 15.1. The molecule has 5 nitrogen and oxygen atoms in total. The molecular weight excluding hydrogens is 316 g/mol. The fourth-order valence-corrected chi connectivity index (χ4v) is 3.65. The number of amidine groups is 1. The van der Waals surface area contributed by atoms with Gasteiger partial charge in [-0.25, -0.2) is 5.01 Å². The van der Waals surface area contributed by atoms with Crippen LogP contribution in [0.25, 0.3) is 5.70 Å². The van der Waals surface area contributed by atoms with E-state index in [1.54, 1.807) is 16.3 Å². The van der Waals surface area contributed by atoms with E-state index in [0.29, 0.717) is 10.9 Å². The topological polar surface area (TPSA) is 57.1 Å². The van der Waals surface area contributed by atoms with Crippen LogP contribution in [-0.4, -0.2) is 22.3 Å². The molecule has 3 heterocycles. The first-order valence-corrected chi connectivity index (χ1v) is 8.82. The van der Waals surface area contributed by atoms with Crippen LogP contribution in [0.4, 0.5) is 0 Å². The SMILES string of the molecule is CSC1=NN2C(=c3ccccc3=NC2c2cccs2)C(=O)N1. The van der Waals surface area contributed by atoms with Gasteiger partial charge in [-0.15, -0.1) is 16.4 Å². The van der Waals surface area contributed by atoms with E-state index in [-0.39, 0.29) is 12.1 Å². The Kier molecular flexibility index (Phi) is 3.24. The molecule has 1 atom stereocenters. The van der Waals surface area contributed by atoms with Gasteiger partial charge >= 0.3 is 0 Å². The van der Waals surface area contributed by atoms with Gasteiger partial charge in [0.15, 0.2) is 11.3 Å². The van der Waals surface area contributed by atoms with Crippen LogP contribution in [-0.2, 0) is 4.79 Å². The highest BCUT2D eigenvalue weighted by Crippen LogP contribution is 2.32. The molecule has 2 aromatic rings. The van der Waals surface area contributed by atoms with Crippen molar-refractivity contribution in [1.82, 2.24) is 10.3 Å². The lowest BCUT2D eigenvalue weighted by molar-refractivity contribution is -0.116. The predicted molar refractivity (Wildman–Crippen MR) is 88.6 cm³/mol. The summed E-state index contributed by atoms with van der Waals surface area (Å²) in [5, 5.41) is 13.4. The summed E-state index contributed by atoms with van der Waals surface area (Å²) in [7, 11) is 0. The number of hydrogen-bond acceptors (Lipinski definition) is 6. The molecule has 110 valence electrons. The number of nitrogens with one attached hydrogen (secondary N) is 1. The fraction of sp³-hybridized carbons (Fsp3) is 0.133. The van der Waals surface area contributed by atoms with Crippen molar-refractivity contribution in [2.75, 3.05) is 6.26 Å². The molecule has 0 spiro atoms. The largest absolute Gasteiger partial charge is 0.298 e. The number of thioether (sulfide) groups is 1. The average Bonchev–Trinajstić information content (AvgIpc) is 3.07. The first kappa shape index (κ1) is 13.5. The highest BCUT2D eigenvalue weighted by molar-refractivity contribution is 8.13. The number of hydrazone groups is 1. The van der Waals surface area contributed by atoms with Crippen LogP contribution in [0, 0.1) is 0 Å². The molecule has 1 N–H and O–H groups in total. The molecule has 7 heteroatoms. The third-order valence-electron chi connectivity index (χ3n) is 3.51. The molecular formula is C15H12N4OS2. The zero-order valence-electron chi connectivity index (χ0n) is 11.7. The highest BCUT2D eigenvalue weighted by Gasteiger charge is 2.34. The van der Waals surface area contributed by atoms with Gasteiger partial charge in [0.2, 0.25) is 0 Å². The second-order valence-electron chi connectivity index (χ2n) is 4.79. The maximum Gasteiger partial charge on any atom is 0.276 e. The molecule has 1 unspecified atom stereocenters. The van der Waals surface area contributed by atoms with Gasteiger partial charge in [0.1, 0.15) is 5.70 Å². The molecule has 2 aliphatic heterocycles. The molecule has 1 aromatic heterocycles. The summed E-state index contributed by atoms with van der Waals surface area (Å²) in [6, 6.07) is 11.7. The number of nitrogens with zero attached hydrogens (tertiary/aromatic N) is 3. The van der Waals surface area contributed by atoms with Crippen molar-refractivity contribution in [2.24, 2.45) is 10.1 Å². The van der Waals surface area contributed by atoms with Crippen molar-refractivity contribution in [3.8, 4) is 0 Å². The van der Waals surface area contributed by atoms with Crippen LogP contribution in [0.15, 0.2) is 51.9 Å². The summed E-state index contributed by atoms with van der Waals surface area (Å²) in [5.74, 6) is -0.136. The van der Waals surface area contributed by atoms with Gasteiger partial charge in [-0.2, -0.15) is 0 Å². The van der Waals surface area contributed by atoms with E-state index >= 15 is 0 Å². The standard InChI is InChI=1S/C15H12N4OS2/c1-21-15-17-14(20)12-9-5-2-3-6-10(9)16-13(19(12)18-15)11-7-4-8-22-11/h2-8,13H,1H3,(H,17,18,20).